The number of carboxylic acids is 1. The Morgan fingerprint density at radius 2 is 1.75 bits per heavy atom. The van der Waals surface area contributed by atoms with Crippen LogP contribution >= 0.6 is 0 Å². The van der Waals surface area contributed by atoms with Gasteiger partial charge in [-0.3, -0.25) is 4.79 Å². The zero-order valence-electron chi connectivity index (χ0n) is 14.7. The molecule has 0 saturated heterocycles. The molecular formula is C20H32O4. The minimum Gasteiger partial charge on any atom is -0.481 e. The summed E-state index contributed by atoms with van der Waals surface area (Å²) in [6.45, 7) is 2.20. The third-order valence-corrected chi connectivity index (χ3v) is 3.39. The fraction of sp³-hybridized carbons (Fsp3) is 0.550. The van der Waals surface area contributed by atoms with Crippen LogP contribution in [0.1, 0.15) is 58.3 Å². The maximum atomic E-state index is 10.4. The quantitative estimate of drug-likeness (QED) is 0.253. The molecule has 0 spiro atoms. The van der Waals surface area contributed by atoms with Gasteiger partial charge in [-0.15, -0.1) is 0 Å². The molecule has 0 fully saturated rings. The molecule has 0 bridgehead atoms. The third kappa shape index (κ3) is 16.7. The minimum absolute atomic E-state index is 0.0468. The highest BCUT2D eigenvalue weighted by Gasteiger charge is 2.02. The number of carbonyl (C=O) groups is 1. The Hall–Kier alpha value is -1.65. The number of hydrogen-bond acceptors (Lipinski definition) is 3. The predicted octanol–water partition coefficient (Wildman–Crippen LogP) is 4.16. The molecule has 24 heavy (non-hydrogen) atoms. The Morgan fingerprint density at radius 1 is 0.958 bits per heavy atom. The average Bonchev–Trinajstić information content (AvgIpc) is 2.54. The van der Waals surface area contributed by atoms with E-state index in [1.807, 2.05) is 12.2 Å². The molecule has 0 aromatic heterocycles. The lowest BCUT2D eigenvalue weighted by Gasteiger charge is -2.04. The molecule has 0 aromatic rings. The van der Waals surface area contributed by atoms with Crippen molar-refractivity contribution < 1.29 is 20.1 Å². The second kappa shape index (κ2) is 16.2. The molecule has 4 nitrogen and oxygen atoms in total. The summed E-state index contributed by atoms with van der Waals surface area (Å²) < 4.78 is 0. The minimum atomic E-state index is -0.864. The predicted molar refractivity (Wildman–Crippen MR) is 98.8 cm³/mol. The first-order valence-electron chi connectivity index (χ1n) is 8.80. The fourth-order valence-electron chi connectivity index (χ4n) is 2.00. The first-order valence-corrected chi connectivity index (χ1v) is 8.80. The topological polar surface area (TPSA) is 77.8 Å². The Kier molecular flexibility index (Phi) is 15.1. The molecular weight excluding hydrogens is 304 g/mol. The molecule has 0 aliphatic heterocycles. The Morgan fingerprint density at radius 3 is 2.46 bits per heavy atom. The van der Waals surface area contributed by atoms with Crippen LogP contribution in [0, 0.1) is 0 Å². The maximum Gasteiger partial charge on any atom is 0.303 e. The SMILES string of the molecule is CCCCCC=CCC=CC=CC(O)C=CC(O)CCCC(=O)O. The summed E-state index contributed by atoms with van der Waals surface area (Å²) in [6.07, 6.45) is 19.8. The molecule has 0 aliphatic rings. The molecule has 0 radical (unpaired) electrons. The second-order valence-electron chi connectivity index (χ2n) is 5.74. The molecule has 3 N–H and O–H groups in total. The van der Waals surface area contributed by atoms with Gasteiger partial charge in [-0.1, -0.05) is 68.4 Å². The number of aliphatic hydroxyl groups is 2. The van der Waals surface area contributed by atoms with Crippen LogP contribution in [0.2, 0.25) is 0 Å². The summed E-state index contributed by atoms with van der Waals surface area (Å²) in [5.74, 6) is -0.864. The number of rotatable bonds is 14. The van der Waals surface area contributed by atoms with Gasteiger partial charge in [0.15, 0.2) is 0 Å². The molecule has 4 heteroatoms. The lowest BCUT2D eigenvalue weighted by atomic mass is 10.1. The second-order valence-corrected chi connectivity index (χ2v) is 5.74. The van der Waals surface area contributed by atoms with E-state index in [-0.39, 0.29) is 6.42 Å². The van der Waals surface area contributed by atoms with Crippen LogP contribution in [0.25, 0.3) is 0 Å². The highest BCUT2D eigenvalue weighted by atomic mass is 16.4. The maximum absolute atomic E-state index is 10.4. The van der Waals surface area contributed by atoms with Crippen molar-refractivity contribution in [1.29, 1.82) is 0 Å². The largest absolute Gasteiger partial charge is 0.481 e. The molecule has 0 aliphatic carbocycles. The Labute approximate surface area is 145 Å². The summed E-state index contributed by atoms with van der Waals surface area (Å²) in [4.78, 5) is 10.4. The zero-order valence-corrected chi connectivity index (χ0v) is 14.7. The summed E-state index contributed by atoms with van der Waals surface area (Å²) in [6, 6.07) is 0. The molecule has 0 saturated carbocycles. The van der Waals surface area contributed by atoms with Crippen molar-refractivity contribution in [3.05, 3.63) is 48.6 Å². The van der Waals surface area contributed by atoms with Gasteiger partial charge in [0.1, 0.15) is 0 Å². The van der Waals surface area contributed by atoms with Gasteiger partial charge in [0.05, 0.1) is 12.2 Å². The summed E-state index contributed by atoms with van der Waals surface area (Å²) in [5.41, 5.74) is 0. The summed E-state index contributed by atoms with van der Waals surface area (Å²) in [5, 5.41) is 27.8. The van der Waals surface area contributed by atoms with Gasteiger partial charge >= 0.3 is 5.97 Å². The van der Waals surface area contributed by atoms with Crippen LogP contribution < -0.4 is 0 Å². The van der Waals surface area contributed by atoms with E-state index >= 15 is 0 Å². The van der Waals surface area contributed by atoms with Gasteiger partial charge in [0.25, 0.3) is 0 Å². The summed E-state index contributed by atoms with van der Waals surface area (Å²) >= 11 is 0. The van der Waals surface area contributed by atoms with Crippen molar-refractivity contribution in [2.45, 2.75) is 70.5 Å². The standard InChI is InChI=1S/C20H32O4/c1-2-3-4-5-6-7-8-9-10-11-13-18(21)16-17-19(22)14-12-15-20(23)24/h6-7,9-11,13,16-19,21-22H,2-5,8,12,14-15H2,1H3,(H,23,24). The highest BCUT2D eigenvalue weighted by molar-refractivity contribution is 5.66. The smallest absolute Gasteiger partial charge is 0.303 e. The first kappa shape index (κ1) is 22.4. The van der Waals surface area contributed by atoms with E-state index in [0.717, 1.165) is 12.8 Å². The molecule has 0 heterocycles. The number of hydrogen-bond donors (Lipinski definition) is 3. The van der Waals surface area contributed by atoms with Gasteiger partial charge in [-0.2, -0.15) is 0 Å². The van der Waals surface area contributed by atoms with E-state index in [0.29, 0.717) is 12.8 Å². The van der Waals surface area contributed by atoms with Crippen LogP contribution in [0.3, 0.4) is 0 Å². The van der Waals surface area contributed by atoms with Crippen LogP contribution in [0.15, 0.2) is 48.6 Å². The van der Waals surface area contributed by atoms with Crippen molar-refractivity contribution in [1.82, 2.24) is 0 Å². The van der Waals surface area contributed by atoms with Crippen molar-refractivity contribution in [3.63, 3.8) is 0 Å². The fourth-order valence-corrected chi connectivity index (χ4v) is 2.00. The molecule has 2 unspecified atom stereocenters. The van der Waals surface area contributed by atoms with Crippen LogP contribution in [0.4, 0.5) is 0 Å². The van der Waals surface area contributed by atoms with Crippen LogP contribution in [-0.4, -0.2) is 33.5 Å². The molecule has 2 atom stereocenters. The number of unbranched alkanes of at least 4 members (excludes halogenated alkanes) is 3. The van der Waals surface area contributed by atoms with Crippen molar-refractivity contribution in [2.24, 2.45) is 0 Å². The van der Waals surface area contributed by atoms with E-state index in [1.165, 1.54) is 31.4 Å². The summed E-state index contributed by atoms with van der Waals surface area (Å²) in [7, 11) is 0. The number of aliphatic hydroxyl groups excluding tert-OH is 2. The average molecular weight is 336 g/mol. The monoisotopic (exact) mass is 336 g/mol. The lowest BCUT2D eigenvalue weighted by molar-refractivity contribution is -0.137. The van der Waals surface area contributed by atoms with E-state index in [2.05, 4.69) is 19.1 Å². The van der Waals surface area contributed by atoms with E-state index in [4.69, 9.17) is 5.11 Å². The zero-order chi connectivity index (χ0) is 18.0. The number of carboxylic acid groups (broad SMARTS) is 1. The van der Waals surface area contributed by atoms with Crippen molar-refractivity contribution in [2.75, 3.05) is 0 Å². The van der Waals surface area contributed by atoms with E-state index in [9.17, 15) is 15.0 Å². The van der Waals surface area contributed by atoms with Crippen molar-refractivity contribution in [3.8, 4) is 0 Å². The Bertz CT molecular complexity index is 421. The third-order valence-electron chi connectivity index (χ3n) is 3.39. The molecule has 0 amide bonds. The normalized spacial score (nSPS) is 15.1. The molecule has 136 valence electrons. The molecule has 0 rings (SSSR count). The Balaban J connectivity index is 3.82. The number of aliphatic carboxylic acids is 1. The van der Waals surface area contributed by atoms with Crippen LogP contribution in [-0.2, 0) is 4.79 Å². The van der Waals surface area contributed by atoms with Crippen molar-refractivity contribution >= 4 is 5.97 Å². The van der Waals surface area contributed by atoms with Crippen LogP contribution in [0.5, 0.6) is 0 Å². The van der Waals surface area contributed by atoms with E-state index < -0.39 is 18.2 Å². The van der Waals surface area contributed by atoms with Gasteiger partial charge < -0.3 is 15.3 Å². The van der Waals surface area contributed by atoms with Gasteiger partial charge in [-0.25, -0.2) is 0 Å². The first-order chi connectivity index (χ1) is 11.6. The van der Waals surface area contributed by atoms with Gasteiger partial charge in [-0.05, 0) is 32.1 Å². The van der Waals surface area contributed by atoms with E-state index in [1.54, 1.807) is 12.2 Å². The van der Waals surface area contributed by atoms with Gasteiger partial charge in [0.2, 0.25) is 0 Å². The number of allylic oxidation sites excluding steroid dienone is 5. The highest BCUT2D eigenvalue weighted by Crippen LogP contribution is 2.03. The lowest BCUT2D eigenvalue weighted by Crippen LogP contribution is -2.06. The van der Waals surface area contributed by atoms with Gasteiger partial charge in [0, 0.05) is 6.42 Å². The molecule has 0 aromatic carbocycles.